The van der Waals surface area contributed by atoms with Gasteiger partial charge >= 0.3 is 0 Å². The van der Waals surface area contributed by atoms with E-state index in [0.29, 0.717) is 11.1 Å². The fourth-order valence-corrected chi connectivity index (χ4v) is 4.78. The van der Waals surface area contributed by atoms with E-state index in [4.69, 9.17) is 0 Å². The van der Waals surface area contributed by atoms with E-state index >= 15 is 0 Å². The van der Waals surface area contributed by atoms with Crippen LogP contribution in [-0.2, 0) is 5.41 Å². The molecule has 30 heavy (non-hydrogen) atoms. The van der Waals surface area contributed by atoms with Gasteiger partial charge in [0, 0.05) is 17.0 Å². The third-order valence-electron chi connectivity index (χ3n) is 6.06. The molecule has 0 unspecified atom stereocenters. The minimum atomic E-state index is -1.34. The lowest BCUT2D eigenvalue weighted by atomic mass is 9.62. The monoisotopic (exact) mass is 388 g/mol. The van der Waals surface area contributed by atoms with Gasteiger partial charge in [-0.1, -0.05) is 115 Å². The summed E-state index contributed by atoms with van der Waals surface area (Å²) in [5.41, 5.74) is 2.29. The highest BCUT2D eigenvalue weighted by Gasteiger charge is 2.59. The van der Waals surface area contributed by atoms with Crippen LogP contribution >= 0.6 is 0 Å². The summed E-state index contributed by atoms with van der Waals surface area (Å²) >= 11 is 0. The molecule has 0 aliphatic heterocycles. The summed E-state index contributed by atoms with van der Waals surface area (Å²) in [5.74, 6) is -0.700. The van der Waals surface area contributed by atoms with Crippen molar-refractivity contribution < 1.29 is 9.59 Å². The molecule has 0 spiro atoms. The van der Waals surface area contributed by atoms with Crippen LogP contribution in [0.25, 0.3) is 0 Å². The Morgan fingerprint density at radius 3 is 1.27 bits per heavy atom. The van der Waals surface area contributed by atoms with E-state index < -0.39 is 11.3 Å². The Morgan fingerprint density at radius 1 is 0.467 bits per heavy atom. The summed E-state index contributed by atoms with van der Waals surface area (Å²) in [4.78, 5) is 28.2. The third kappa shape index (κ3) is 2.57. The zero-order valence-electron chi connectivity index (χ0n) is 16.4. The molecule has 144 valence electrons. The normalized spacial score (nSPS) is 14.7. The van der Waals surface area contributed by atoms with Crippen LogP contribution in [0.4, 0.5) is 0 Å². The highest BCUT2D eigenvalue weighted by atomic mass is 16.2. The molecule has 1 aliphatic carbocycles. The van der Waals surface area contributed by atoms with Crippen LogP contribution in [0.2, 0.25) is 0 Å². The molecule has 0 atom stereocenters. The number of Topliss-reactive ketones (excluding diaryl/α,β-unsaturated/α-hetero) is 2. The predicted molar refractivity (Wildman–Crippen MR) is 118 cm³/mol. The molecule has 0 amide bonds. The van der Waals surface area contributed by atoms with Crippen molar-refractivity contribution >= 4 is 11.6 Å². The predicted octanol–water partition coefficient (Wildman–Crippen LogP) is 5.84. The van der Waals surface area contributed by atoms with Crippen molar-refractivity contribution in [1.29, 1.82) is 0 Å². The third-order valence-corrected chi connectivity index (χ3v) is 6.06. The Kier molecular flexibility index (Phi) is 4.40. The maximum Gasteiger partial charge on any atom is 0.182 e. The van der Waals surface area contributed by atoms with Crippen LogP contribution in [0.1, 0.15) is 43.3 Å². The van der Waals surface area contributed by atoms with E-state index in [0.717, 1.165) is 16.7 Å². The van der Waals surface area contributed by atoms with Gasteiger partial charge < -0.3 is 0 Å². The minimum Gasteiger partial charge on any atom is -0.293 e. The number of rotatable bonds is 4. The van der Waals surface area contributed by atoms with Crippen LogP contribution in [0, 0.1) is 0 Å². The van der Waals surface area contributed by atoms with Gasteiger partial charge in [-0.3, -0.25) is 9.59 Å². The average Bonchev–Trinajstić information content (AvgIpc) is 3.04. The van der Waals surface area contributed by atoms with Crippen LogP contribution in [0.15, 0.2) is 115 Å². The molecule has 0 saturated heterocycles. The van der Waals surface area contributed by atoms with Gasteiger partial charge in [0.2, 0.25) is 0 Å². The summed E-state index contributed by atoms with van der Waals surface area (Å²) in [6.07, 6.45) is 0. The van der Waals surface area contributed by atoms with Gasteiger partial charge in [0.1, 0.15) is 5.41 Å². The molecule has 4 aromatic carbocycles. The van der Waals surface area contributed by atoms with Gasteiger partial charge in [0.05, 0.1) is 0 Å². The molecule has 0 N–H and O–H groups in total. The Balaban J connectivity index is 1.87. The molecule has 4 aromatic rings. The van der Waals surface area contributed by atoms with Crippen molar-refractivity contribution in [3.8, 4) is 0 Å². The zero-order valence-corrected chi connectivity index (χ0v) is 16.4. The SMILES string of the molecule is O=C1c2ccccc2C(=O)C1(c1ccccc1)C(c1ccccc1)c1ccccc1. The number of hydrogen-bond donors (Lipinski definition) is 0. The molecule has 0 heterocycles. The van der Waals surface area contributed by atoms with Crippen molar-refractivity contribution in [3.63, 3.8) is 0 Å². The van der Waals surface area contributed by atoms with E-state index in [9.17, 15) is 9.59 Å². The van der Waals surface area contributed by atoms with Crippen LogP contribution < -0.4 is 0 Å². The first-order valence-electron chi connectivity index (χ1n) is 10.1. The second kappa shape index (κ2) is 7.23. The molecule has 2 nitrogen and oxygen atoms in total. The lowest BCUT2D eigenvalue weighted by Gasteiger charge is -2.36. The van der Waals surface area contributed by atoms with Crippen molar-refractivity contribution in [1.82, 2.24) is 0 Å². The lowest BCUT2D eigenvalue weighted by molar-refractivity contribution is 0.0775. The molecular formula is C28H20O2. The molecule has 0 aromatic heterocycles. The Hall–Kier alpha value is -3.78. The van der Waals surface area contributed by atoms with E-state index in [1.807, 2.05) is 103 Å². The molecule has 1 aliphatic rings. The summed E-state index contributed by atoms with van der Waals surface area (Å²) in [5, 5.41) is 0. The molecule has 2 heteroatoms. The first-order valence-corrected chi connectivity index (χ1v) is 10.1. The summed E-state index contributed by atoms with van der Waals surface area (Å²) < 4.78 is 0. The number of carbonyl (C=O) groups excluding carboxylic acids is 2. The number of carbonyl (C=O) groups is 2. The Labute approximate surface area is 175 Å². The largest absolute Gasteiger partial charge is 0.293 e. The van der Waals surface area contributed by atoms with Crippen molar-refractivity contribution in [3.05, 3.63) is 143 Å². The number of benzene rings is 4. The fourth-order valence-electron chi connectivity index (χ4n) is 4.78. The zero-order chi connectivity index (χ0) is 20.6. The van der Waals surface area contributed by atoms with Crippen molar-refractivity contribution in [2.24, 2.45) is 0 Å². The molecule has 0 radical (unpaired) electrons. The quantitative estimate of drug-likeness (QED) is 0.412. The average molecular weight is 388 g/mol. The number of ketones is 2. The topological polar surface area (TPSA) is 34.1 Å². The first-order chi connectivity index (χ1) is 14.7. The van der Waals surface area contributed by atoms with Gasteiger partial charge in [-0.05, 0) is 16.7 Å². The molecule has 0 bridgehead atoms. The number of hydrogen-bond acceptors (Lipinski definition) is 2. The van der Waals surface area contributed by atoms with Crippen molar-refractivity contribution in [2.45, 2.75) is 11.3 Å². The van der Waals surface area contributed by atoms with Crippen LogP contribution in [0.5, 0.6) is 0 Å². The second-order valence-electron chi connectivity index (χ2n) is 7.63. The fraction of sp³-hybridized carbons (Fsp3) is 0.0714. The van der Waals surface area contributed by atoms with Gasteiger partial charge in [-0.25, -0.2) is 0 Å². The summed E-state index contributed by atoms with van der Waals surface area (Å²) in [6.45, 7) is 0. The minimum absolute atomic E-state index is 0.132. The molecule has 0 saturated carbocycles. The summed E-state index contributed by atoms with van der Waals surface area (Å²) in [7, 11) is 0. The highest BCUT2D eigenvalue weighted by molar-refractivity contribution is 6.34. The van der Waals surface area contributed by atoms with Gasteiger partial charge in [0.25, 0.3) is 0 Å². The standard InChI is InChI=1S/C28H20O2/c29-26-23-18-10-11-19-24(23)27(30)28(26,22-16-8-3-9-17-22)25(20-12-4-1-5-13-20)21-14-6-2-7-15-21/h1-19,25H. The smallest absolute Gasteiger partial charge is 0.182 e. The van der Waals surface area contributed by atoms with E-state index in [-0.39, 0.29) is 11.6 Å². The molecular weight excluding hydrogens is 368 g/mol. The molecule has 5 rings (SSSR count). The van der Waals surface area contributed by atoms with Gasteiger partial charge in [0.15, 0.2) is 11.6 Å². The van der Waals surface area contributed by atoms with Crippen LogP contribution in [0.3, 0.4) is 0 Å². The Morgan fingerprint density at radius 2 is 0.833 bits per heavy atom. The second-order valence-corrected chi connectivity index (χ2v) is 7.63. The molecule has 0 fully saturated rings. The summed E-state index contributed by atoms with van der Waals surface area (Å²) in [6, 6.07) is 36.5. The van der Waals surface area contributed by atoms with Crippen LogP contribution in [-0.4, -0.2) is 11.6 Å². The van der Waals surface area contributed by atoms with Crippen molar-refractivity contribution in [2.75, 3.05) is 0 Å². The first kappa shape index (κ1) is 18.3. The van der Waals surface area contributed by atoms with E-state index in [2.05, 4.69) is 0 Å². The maximum atomic E-state index is 14.1. The lowest BCUT2D eigenvalue weighted by Crippen LogP contribution is -2.44. The van der Waals surface area contributed by atoms with E-state index in [1.54, 1.807) is 12.1 Å². The van der Waals surface area contributed by atoms with Gasteiger partial charge in [-0.2, -0.15) is 0 Å². The highest BCUT2D eigenvalue weighted by Crippen LogP contribution is 2.51. The number of fused-ring (bicyclic) bond motifs is 1. The van der Waals surface area contributed by atoms with E-state index in [1.165, 1.54) is 0 Å². The Bertz CT molecular complexity index is 1140. The van der Waals surface area contributed by atoms with Gasteiger partial charge in [-0.15, -0.1) is 0 Å². The maximum absolute atomic E-state index is 14.1.